The van der Waals surface area contributed by atoms with Crippen LogP contribution in [0.4, 0.5) is 4.39 Å². The smallest absolute Gasteiger partial charge is 0.251 e. The molecule has 1 aliphatic heterocycles. The lowest BCUT2D eigenvalue weighted by atomic mass is 9.99. The van der Waals surface area contributed by atoms with Crippen molar-refractivity contribution in [3.8, 4) is 11.5 Å². The number of carbonyl (C=O) groups is 1. The third-order valence-electron chi connectivity index (χ3n) is 6.89. The van der Waals surface area contributed by atoms with Gasteiger partial charge in [-0.1, -0.05) is 44.5 Å². The van der Waals surface area contributed by atoms with Gasteiger partial charge in [-0.05, 0) is 104 Å². The molecular weight excluding hydrogens is 527 g/mol. The molecule has 0 spiro atoms. The highest BCUT2D eigenvalue weighted by molar-refractivity contribution is 5.94. The molecule has 0 aliphatic carbocycles. The fourth-order valence-electron chi connectivity index (χ4n) is 4.88. The lowest BCUT2D eigenvalue weighted by molar-refractivity contribution is 0.0951. The summed E-state index contributed by atoms with van der Waals surface area (Å²) >= 11 is 0. The molecule has 0 bridgehead atoms. The zero-order valence-electron chi connectivity index (χ0n) is 23.7. The second kappa shape index (κ2) is 16.2. The van der Waals surface area contributed by atoms with Crippen LogP contribution in [-0.2, 0) is 19.6 Å². The third-order valence-corrected chi connectivity index (χ3v) is 6.89. The van der Waals surface area contributed by atoms with Crippen molar-refractivity contribution in [2.75, 3.05) is 26.2 Å². The van der Waals surface area contributed by atoms with Crippen LogP contribution >= 0.6 is 12.4 Å². The molecule has 1 fully saturated rings. The fraction of sp³-hybridized carbons (Fsp3) is 0.424. The second-order valence-corrected chi connectivity index (χ2v) is 10.8. The summed E-state index contributed by atoms with van der Waals surface area (Å²) in [6, 6.07) is 20.2. The Labute approximate surface area is 244 Å². The first-order valence-corrected chi connectivity index (χ1v) is 14.2. The van der Waals surface area contributed by atoms with Gasteiger partial charge in [0.2, 0.25) is 0 Å². The number of likely N-dealkylation sites (tertiary alicyclic amines) is 1. The summed E-state index contributed by atoms with van der Waals surface area (Å²) < 4.78 is 25.2. The van der Waals surface area contributed by atoms with Gasteiger partial charge in [-0.15, -0.1) is 12.4 Å². The van der Waals surface area contributed by atoms with E-state index in [2.05, 4.69) is 42.3 Å². The first kappa shape index (κ1) is 31.4. The number of halogens is 2. The largest absolute Gasteiger partial charge is 0.494 e. The molecule has 7 heteroatoms. The molecule has 216 valence electrons. The number of rotatable bonds is 13. The van der Waals surface area contributed by atoms with E-state index in [4.69, 9.17) is 9.47 Å². The molecule has 0 saturated carbocycles. The molecule has 3 aromatic rings. The zero-order valence-corrected chi connectivity index (χ0v) is 24.5. The Morgan fingerprint density at radius 3 is 2.48 bits per heavy atom. The average molecular weight is 569 g/mol. The summed E-state index contributed by atoms with van der Waals surface area (Å²) in [5.41, 5.74) is 3.79. The number of nitrogens with one attached hydrogen (secondary N) is 1. The van der Waals surface area contributed by atoms with Crippen LogP contribution in [0.1, 0.15) is 66.6 Å². The minimum atomic E-state index is -0.265. The van der Waals surface area contributed by atoms with Gasteiger partial charge in [0.05, 0.1) is 6.61 Å². The number of amides is 1. The molecule has 5 nitrogen and oxygen atoms in total. The maximum atomic E-state index is 13.2. The monoisotopic (exact) mass is 568 g/mol. The number of ether oxygens (including phenoxy) is 2. The Kier molecular flexibility index (Phi) is 12.8. The highest BCUT2D eigenvalue weighted by atomic mass is 35.5. The van der Waals surface area contributed by atoms with Crippen molar-refractivity contribution < 1.29 is 18.7 Å². The maximum Gasteiger partial charge on any atom is 0.251 e. The molecule has 1 saturated heterocycles. The second-order valence-electron chi connectivity index (χ2n) is 10.8. The van der Waals surface area contributed by atoms with Gasteiger partial charge in [-0.25, -0.2) is 4.39 Å². The Morgan fingerprint density at radius 2 is 1.73 bits per heavy atom. The number of nitrogens with zero attached hydrogens (tertiary/aromatic N) is 1. The van der Waals surface area contributed by atoms with Crippen LogP contribution in [0.2, 0.25) is 0 Å². The highest BCUT2D eigenvalue weighted by Crippen LogP contribution is 2.25. The van der Waals surface area contributed by atoms with Crippen molar-refractivity contribution in [1.82, 2.24) is 10.2 Å². The minimum Gasteiger partial charge on any atom is -0.494 e. The van der Waals surface area contributed by atoms with Crippen LogP contribution in [0.15, 0.2) is 66.7 Å². The van der Waals surface area contributed by atoms with Crippen LogP contribution < -0.4 is 14.8 Å². The van der Waals surface area contributed by atoms with Crippen molar-refractivity contribution in [3.63, 3.8) is 0 Å². The van der Waals surface area contributed by atoms with Gasteiger partial charge in [0, 0.05) is 18.7 Å². The number of carbonyl (C=O) groups excluding carboxylic acids is 1. The van der Waals surface area contributed by atoms with Gasteiger partial charge in [-0.2, -0.15) is 0 Å². The molecule has 0 atom stereocenters. The quantitative estimate of drug-likeness (QED) is 0.221. The van der Waals surface area contributed by atoms with Crippen molar-refractivity contribution >= 4 is 18.3 Å². The van der Waals surface area contributed by atoms with E-state index in [0.717, 1.165) is 42.0 Å². The van der Waals surface area contributed by atoms with E-state index in [1.807, 2.05) is 18.2 Å². The molecule has 1 aliphatic rings. The van der Waals surface area contributed by atoms with Crippen LogP contribution in [0.25, 0.3) is 0 Å². The highest BCUT2D eigenvalue weighted by Gasteiger charge is 2.13. The topological polar surface area (TPSA) is 50.8 Å². The average Bonchev–Trinajstić information content (AvgIpc) is 2.93. The number of benzene rings is 3. The Balaban J connectivity index is 0.00000441. The molecule has 0 aromatic heterocycles. The van der Waals surface area contributed by atoms with Gasteiger partial charge in [0.25, 0.3) is 5.91 Å². The molecule has 0 radical (unpaired) electrons. The van der Waals surface area contributed by atoms with Gasteiger partial charge < -0.3 is 14.8 Å². The summed E-state index contributed by atoms with van der Waals surface area (Å²) in [7, 11) is 0. The predicted octanol–water partition coefficient (Wildman–Crippen LogP) is 7.21. The van der Waals surface area contributed by atoms with E-state index in [0.29, 0.717) is 31.2 Å². The van der Waals surface area contributed by atoms with Crippen molar-refractivity contribution in [2.45, 2.75) is 59.1 Å². The summed E-state index contributed by atoms with van der Waals surface area (Å²) in [4.78, 5) is 15.3. The molecule has 3 aromatic carbocycles. The number of hydrogen-bond donors (Lipinski definition) is 1. The normalized spacial score (nSPS) is 13.5. The Bertz CT molecular complexity index is 1200. The third kappa shape index (κ3) is 10.1. The Hall–Kier alpha value is -3.09. The summed E-state index contributed by atoms with van der Waals surface area (Å²) in [6.45, 7) is 9.03. The Morgan fingerprint density at radius 1 is 0.950 bits per heavy atom. The van der Waals surface area contributed by atoms with E-state index in [1.165, 1.54) is 50.0 Å². The molecular formula is C33H42ClFN2O3. The predicted molar refractivity (Wildman–Crippen MR) is 161 cm³/mol. The lowest BCUT2D eigenvalue weighted by Crippen LogP contribution is -2.29. The van der Waals surface area contributed by atoms with Crippen molar-refractivity contribution in [3.05, 3.63) is 94.8 Å². The van der Waals surface area contributed by atoms with E-state index in [9.17, 15) is 9.18 Å². The summed E-state index contributed by atoms with van der Waals surface area (Å²) in [6.07, 6.45) is 5.44. The molecule has 1 amide bonds. The van der Waals surface area contributed by atoms with E-state index < -0.39 is 0 Å². The van der Waals surface area contributed by atoms with Crippen LogP contribution in [0.5, 0.6) is 11.5 Å². The van der Waals surface area contributed by atoms with Crippen LogP contribution in [0.3, 0.4) is 0 Å². The first-order chi connectivity index (χ1) is 19.0. The maximum absolute atomic E-state index is 13.2. The van der Waals surface area contributed by atoms with Gasteiger partial charge in [0.1, 0.15) is 23.9 Å². The van der Waals surface area contributed by atoms with E-state index in [-0.39, 0.29) is 24.1 Å². The van der Waals surface area contributed by atoms with E-state index >= 15 is 0 Å². The van der Waals surface area contributed by atoms with Crippen molar-refractivity contribution in [2.24, 2.45) is 5.92 Å². The minimum absolute atomic E-state index is 0. The van der Waals surface area contributed by atoms with Crippen LogP contribution in [0, 0.1) is 11.7 Å². The zero-order chi connectivity index (χ0) is 27.5. The first-order valence-electron chi connectivity index (χ1n) is 14.2. The fourth-order valence-corrected chi connectivity index (χ4v) is 4.88. The summed E-state index contributed by atoms with van der Waals surface area (Å²) in [5, 5.41) is 3.01. The number of hydrogen-bond acceptors (Lipinski definition) is 4. The molecule has 1 N–H and O–H groups in total. The van der Waals surface area contributed by atoms with Gasteiger partial charge in [0.15, 0.2) is 0 Å². The molecule has 0 unspecified atom stereocenters. The van der Waals surface area contributed by atoms with Gasteiger partial charge >= 0.3 is 0 Å². The van der Waals surface area contributed by atoms with Crippen molar-refractivity contribution in [1.29, 1.82) is 0 Å². The SMILES string of the molecule is CC(C)Cc1cc(C(=O)NCCCOc2cccc(CN3CCCCC3)c2)ccc1OCc1ccc(F)cc1.Cl. The van der Waals surface area contributed by atoms with E-state index in [1.54, 1.807) is 18.2 Å². The lowest BCUT2D eigenvalue weighted by Gasteiger charge is -2.26. The standard InChI is InChI=1S/C33H41FN2O3.ClH/c1-25(2)20-29-22-28(12-15-32(29)39-24-26-10-13-30(34)14-11-26)33(37)35-16-7-19-38-31-9-6-8-27(21-31)23-36-17-4-3-5-18-36;/h6,8-15,21-22,25H,3-5,7,16-20,23-24H2,1-2H3,(H,35,37);1H. The molecule has 40 heavy (non-hydrogen) atoms. The molecule has 1 heterocycles. The number of piperidine rings is 1. The van der Waals surface area contributed by atoms with Gasteiger partial charge in [-0.3, -0.25) is 9.69 Å². The molecule has 4 rings (SSSR count). The van der Waals surface area contributed by atoms with Crippen LogP contribution in [-0.4, -0.2) is 37.0 Å². The summed E-state index contributed by atoms with van der Waals surface area (Å²) in [5.74, 6) is 1.67.